The highest BCUT2D eigenvalue weighted by Gasteiger charge is 2.18. The summed E-state index contributed by atoms with van der Waals surface area (Å²) in [4.78, 5) is 21.8. The van der Waals surface area contributed by atoms with Crippen LogP contribution in [0.2, 0.25) is 0 Å². The molecule has 0 aliphatic heterocycles. The van der Waals surface area contributed by atoms with Gasteiger partial charge in [-0.3, -0.25) is 9.59 Å². The summed E-state index contributed by atoms with van der Waals surface area (Å²) in [6, 6.07) is 0. The SMILES string of the molecule is CCCCC(CC(=O)O)OC(=O)CC(C)O. The van der Waals surface area contributed by atoms with Crippen molar-refractivity contribution in [3.8, 4) is 0 Å². The zero-order valence-electron chi connectivity index (χ0n) is 9.81. The second-order valence-corrected chi connectivity index (χ2v) is 3.91. The van der Waals surface area contributed by atoms with Crippen LogP contribution in [0.5, 0.6) is 0 Å². The first kappa shape index (κ1) is 14.9. The predicted molar refractivity (Wildman–Crippen MR) is 58.0 cm³/mol. The number of carboxylic acids is 1. The van der Waals surface area contributed by atoms with Gasteiger partial charge in [0.1, 0.15) is 6.10 Å². The van der Waals surface area contributed by atoms with E-state index in [-0.39, 0.29) is 12.8 Å². The van der Waals surface area contributed by atoms with Gasteiger partial charge in [-0.05, 0) is 13.3 Å². The smallest absolute Gasteiger partial charge is 0.308 e. The van der Waals surface area contributed by atoms with Crippen molar-refractivity contribution >= 4 is 11.9 Å². The van der Waals surface area contributed by atoms with Crippen LogP contribution in [-0.4, -0.2) is 34.4 Å². The van der Waals surface area contributed by atoms with Gasteiger partial charge in [0.15, 0.2) is 0 Å². The van der Waals surface area contributed by atoms with Crippen LogP contribution in [0.3, 0.4) is 0 Å². The number of hydrogen-bond donors (Lipinski definition) is 2. The van der Waals surface area contributed by atoms with Crippen LogP contribution in [0.1, 0.15) is 46.0 Å². The molecule has 0 aromatic carbocycles. The van der Waals surface area contributed by atoms with Crippen molar-refractivity contribution < 1.29 is 24.5 Å². The van der Waals surface area contributed by atoms with E-state index in [1.807, 2.05) is 6.92 Å². The van der Waals surface area contributed by atoms with Crippen LogP contribution < -0.4 is 0 Å². The van der Waals surface area contributed by atoms with Crippen molar-refractivity contribution in [2.45, 2.75) is 58.2 Å². The van der Waals surface area contributed by atoms with E-state index >= 15 is 0 Å². The Bertz CT molecular complexity index is 224. The Hall–Kier alpha value is -1.10. The number of carbonyl (C=O) groups excluding carboxylic acids is 1. The number of aliphatic carboxylic acids is 1. The Morgan fingerprint density at radius 1 is 1.31 bits per heavy atom. The van der Waals surface area contributed by atoms with E-state index in [4.69, 9.17) is 14.9 Å². The van der Waals surface area contributed by atoms with Gasteiger partial charge in [-0.1, -0.05) is 19.8 Å². The summed E-state index contributed by atoms with van der Waals surface area (Å²) < 4.78 is 4.99. The van der Waals surface area contributed by atoms with E-state index in [1.54, 1.807) is 0 Å². The van der Waals surface area contributed by atoms with Gasteiger partial charge in [0.25, 0.3) is 0 Å². The lowest BCUT2D eigenvalue weighted by Crippen LogP contribution is -2.23. The summed E-state index contributed by atoms with van der Waals surface area (Å²) in [5.74, 6) is -1.52. The largest absolute Gasteiger partial charge is 0.481 e. The molecule has 0 aromatic heterocycles. The molecular formula is C11H20O5. The van der Waals surface area contributed by atoms with E-state index in [9.17, 15) is 9.59 Å². The molecule has 5 heteroatoms. The van der Waals surface area contributed by atoms with Crippen LogP contribution in [0.25, 0.3) is 0 Å². The third-order valence-electron chi connectivity index (χ3n) is 2.04. The molecule has 0 saturated carbocycles. The Balaban J connectivity index is 4.07. The summed E-state index contributed by atoms with van der Waals surface area (Å²) >= 11 is 0. The van der Waals surface area contributed by atoms with Crippen LogP contribution in [-0.2, 0) is 14.3 Å². The summed E-state index contributed by atoms with van der Waals surface area (Å²) in [6.07, 6.45) is 0.680. The standard InChI is InChI=1S/C11H20O5/c1-3-4-5-9(7-10(13)14)16-11(15)6-8(2)12/h8-9,12H,3-7H2,1-2H3,(H,13,14). The molecule has 16 heavy (non-hydrogen) atoms. The number of unbranched alkanes of at least 4 members (excludes halogenated alkanes) is 1. The van der Waals surface area contributed by atoms with E-state index in [2.05, 4.69) is 0 Å². The van der Waals surface area contributed by atoms with Gasteiger partial charge in [-0.25, -0.2) is 0 Å². The third kappa shape index (κ3) is 8.23. The molecule has 0 spiro atoms. The van der Waals surface area contributed by atoms with Crippen molar-refractivity contribution in [1.29, 1.82) is 0 Å². The molecule has 2 unspecified atom stereocenters. The molecule has 0 amide bonds. The molecule has 2 atom stereocenters. The lowest BCUT2D eigenvalue weighted by atomic mass is 10.1. The molecule has 0 aromatic rings. The molecule has 2 N–H and O–H groups in total. The molecular weight excluding hydrogens is 212 g/mol. The number of hydrogen-bond acceptors (Lipinski definition) is 4. The molecule has 0 aliphatic rings. The van der Waals surface area contributed by atoms with Gasteiger partial charge in [0.2, 0.25) is 0 Å². The fraction of sp³-hybridized carbons (Fsp3) is 0.818. The van der Waals surface area contributed by atoms with Crippen molar-refractivity contribution in [2.75, 3.05) is 0 Å². The van der Waals surface area contributed by atoms with Crippen molar-refractivity contribution in [3.05, 3.63) is 0 Å². The average molecular weight is 232 g/mol. The minimum absolute atomic E-state index is 0.0950. The molecule has 0 rings (SSSR count). The maximum atomic E-state index is 11.2. The first-order valence-electron chi connectivity index (χ1n) is 5.55. The minimum Gasteiger partial charge on any atom is -0.481 e. The molecule has 0 fully saturated rings. The van der Waals surface area contributed by atoms with Gasteiger partial charge in [-0.2, -0.15) is 0 Å². The number of carbonyl (C=O) groups is 2. The van der Waals surface area contributed by atoms with E-state index in [0.29, 0.717) is 6.42 Å². The average Bonchev–Trinajstić information content (AvgIpc) is 2.11. The molecule has 0 aliphatic carbocycles. The van der Waals surface area contributed by atoms with Gasteiger partial charge in [0, 0.05) is 0 Å². The number of esters is 1. The van der Waals surface area contributed by atoms with Crippen LogP contribution in [0.4, 0.5) is 0 Å². The summed E-state index contributed by atoms with van der Waals surface area (Å²) in [6.45, 7) is 3.47. The number of aliphatic hydroxyl groups excluding tert-OH is 1. The highest BCUT2D eigenvalue weighted by molar-refractivity contribution is 5.71. The van der Waals surface area contributed by atoms with Crippen molar-refractivity contribution in [3.63, 3.8) is 0 Å². The zero-order valence-corrected chi connectivity index (χ0v) is 9.81. The maximum absolute atomic E-state index is 11.2. The maximum Gasteiger partial charge on any atom is 0.308 e. The molecule has 0 bridgehead atoms. The summed E-state index contributed by atoms with van der Waals surface area (Å²) in [5.41, 5.74) is 0. The Morgan fingerprint density at radius 2 is 1.94 bits per heavy atom. The lowest BCUT2D eigenvalue weighted by Gasteiger charge is -2.16. The lowest BCUT2D eigenvalue weighted by molar-refractivity contribution is -0.154. The minimum atomic E-state index is -0.981. The quantitative estimate of drug-likeness (QED) is 0.617. The Morgan fingerprint density at radius 3 is 2.38 bits per heavy atom. The fourth-order valence-corrected chi connectivity index (χ4v) is 1.30. The van der Waals surface area contributed by atoms with E-state index in [0.717, 1.165) is 12.8 Å². The first-order valence-corrected chi connectivity index (χ1v) is 5.55. The van der Waals surface area contributed by atoms with Gasteiger partial charge in [-0.15, -0.1) is 0 Å². The Labute approximate surface area is 95.4 Å². The van der Waals surface area contributed by atoms with E-state index < -0.39 is 24.1 Å². The van der Waals surface area contributed by atoms with Gasteiger partial charge < -0.3 is 14.9 Å². The van der Waals surface area contributed by atoms with Crippen molar-refractivity contribution in [2.24, 2.45) is 0 Å². The molecule has 0 saturated heterocycles. The normalized spacial score (nSPS) is 14.2. The Kier molecular flexibility index (Phi) is 7.54. The zero-order chi connectivity index (χ0) is 12.6. The van der Waals surface area contributed by atoms with E-state index in [1.165, 1.54) is 6.92 Å². The number of rotatable bonds is 8. The monoisotopic (exact) mass is 232 g/mol. The highest BCUT2D eigenvalue weighted by atomic mass is 16.5. The molecule has 94 valence electrons. The topological polar surface area (TPSA) is 83.8 Å². The molecule has 5 nitrogen and oxygen atoms in total. The third-order valence-corrected chi connectivity index (χ3v) is 2.04. The van der Waals surface area contributed by atoms with Crippen molar-refractivity contribution in [1.82, 2.24) is 0 Å². The van der Waals surface area contributed by atoms with Crippen LogP contribution in [0.15, 0.2) is 0 Å². The molecule has 0 heterocycles. The number of ether oxygens (including phenoxy) is 1. The number of carboxylic acid groups (broad SMARTS) is 1. The van der Waals surface area contributed by atoms with Crippen LogP contribution in [0, 0.1) is 0 Å². The fourth-order valence-electron chi connectivity index (χ4n) is 1.30. The second kappa shape index (κ2) is 8.10. The second-order valence-electron chi connectivity index (χ2n) is 3.91. The number of aliphatic hydroxyl groups is 1. The van der Waals surface area contributed by atoms with Gasteiger partial charge >= 0.3 is 11.9 Å². The molecule has 0 radical (unpaired) electrons. The predicted octanol–water partition coefficient (Wildman–Crippen LogP) is 1.33. The summed E-state index contributed by atoms with van der Waals surface area (Å²) in [7, 11) is 0. The van der Waals surface area contributed by atoms with Gasteiger partial charge in [0.05, 0.1) is 18.9 Å². The van der Waals surface area contributed by atoms with Crippen LogP contribution >= 0.6 is 0 Å². The highest BCUT2D eigenvalue weighted by Crippen LogP contribution is 2.10. The summed E-state index contributed by atoms with van der Waals surface area (Å²) in [5, 5.41) is 17.6. The first-order chi connectivity index (χ1) is 7.45.